The monoisotopic (exact) mass is 239 g/mol. The highest BCUT2D eigenvalue weighted by molar-refractivity contribution is 6.30. The van der Waals surface area contributed by atoms with Gasteiger partial charge in [-0.25, -0.2) is 0 Å². The summed E-state index contributed by atoms with van der Waals surface area (Å²) < 4.78 is 5.54. The Bertz CT molecular complexity index is 319. The molecule has 1 aromatic rings. The summed E-state index contributed by atoms with van der Waals surface area (Å²) in [6.45, 7) is 1.77. The summed E-state index contributed by atoms with van der Waals surface area (Å²) in [5, 5.41) is 4.17. The van der Waals surface area contributed by atoms with Crippen LogP contribution < -0.4 is 5.32 Å². The van der Waals surface area contributed by atoms with Crippen LogP contribution in [0.5, 0.6) is 0 Å². The van der Waals surface area contributed by atoms with Gasteiger partial charge in [-0.1, -0.05) is 23.7 Å². The average Bonchev–Trinajstić information content (AvgIpc) is 2.34. The van der Waals surface area contributed by atoms with Gasteiger partial charge in [0, 0.05) is 23.6 Å². The second kappa shape index (κ2) is 5.67. The van der Waals surface area contributed by atoms with Gasteiger partial charge in [0.05, 0.1) is 6.61 Å². The quantitative estimate of drug-likeness (QED) is 0.876. The van der Waals surface area contributed by atoms with Gasteiger partial charge in [-0.3, -0.25) is 0 Å². The first-order chi connectivity index (χ1) is 7.81. The molecule has 1 aliphatic rings. The molecule has 2 rings (SSSR count). The Kier molecular flexibility index (Phi) is 4.22. The first kappa shape index (κ1) is 11.9. The van der Waals surface area contributed by atoms with Crippen LogP contribution >= 0.6 is 11.6 Å². The number of hydrogen-bond donors (Lipinski definition) is 1. The molecule has 0 bridgehead atoms. The van der Waals surface area contributed by atoms with Crippen LogP contribution in [0.15, 0.2) is 24.3 Å². The van der Waals surface area contributed by atoms with Crippen molar-refractivity contribution in [2.24, 2.45) is 5.92 Å². The second-order valence-electron chi connectivity index (χ2n) is 4.30. The molecule has 0 amide bonds. The van der Waals surface area contributed by atoms with Gasteiger partial charge in [-0.2, -0.15) is 0 Å². The molecule has 1 aromatic carbocycles. The lowest BCUT2D eigenvalue weighted by atomic mass is 9.89. The summed E-state index contributed by atoms with van der Waals surface area (Å²) in [6, 6.07) is 8.46. The summed E-state index contributed by atoms with van der Waals surface area (Å²) in [5.74, 6) is 0.569. The van der Waals surface area contributed by atoms with Crippen LogP contribution in [0.3, 0.4) is 0 Å². The molecular formula is C13H18ClNO. The van der Waals surface area contributed by atoms with Crippen molar-refractivity contribution in [1.82, 2.24) is 5.32 Å². The van der Waals surface area contributed by atoms with E-state index in [1.54, 1.807) is 0 Å². The first-order valence-corrected chi connectivity index (χ1v) is 6.19. The van der Waals surface area contributed by atoms with E-state index in [1.165, 1.54) is 12.0 Å². The minimum Gasteiger partial charge on any atom is -0.381 e. The Morgan fingerprint density at radius 2 is 2.12 bits per heavy atom. The van der Waals surface area contributed by atoms with Crippen molar-refractivity contribution in [2.75, 3.05) is 20.3 Å². The van der Waals surface area contributed by atoms with E-state index in [0.29, 0.717) is 12.0 Å². The molecule has 3 heteroatoms. The SMILES string of the molecule is CNC(c1ccc(Cl)cc1)C1CCCOC1. The number of rotatable bonds is 3. The van der Waals surface area contributed by atoms with Gasteiger partial charge in [-0.05, 0) is 37.6 Å². The fourth-order valence-electron chi connectivity index (χ4n) is 2.37. The molecular weight excluding hydrogens is 222 g/mol. The van der Waals surface area contributed by atoms with Crippen LogP contribution in [0, 0.1) is 5.92 Å². The van der Waals surface area contributed by atoms with Crippen molar-refractivity contribution in [3.05, 3.63) is 34.9 Å². The topological polar surface area (TPSA) is 21.3 Å². The molecule has 2 atom stereocenters. The van der Waals surface area contributed by atoms with E-state index in [2.05, 4.69) is 17.4 Å². The molecule has 1 heterocycles. The van der Waals surface area contributed by atoms with Gasteiger partial charge in [0.1, 0.15) is 0 Å². The summed E-state index contributed by atoms with van der Waals surface area (Å²) in [7, 11) is 2.01. The molecule has 1 aliphatic heterocycles. The summed E-state index contributed by atoms with van der Waals surface area (Å²) in [5.41, 5.74) is 1.29. The van der Waals surface area contributed by atoms with Crippen molar-refractivity contribution < 1.29 is 4.74 Å². The zero-order chi connectivity index (χ0) is 11.4. The number of benzene rings is 1. The molecule has 0 aromatic heterocycles. The van der Waals surface area contributed by atoms with E-state index in [9.17, 15) is 0 Å². The third kappa shape index (κ3) is 2.76. The molecule has 0 saturated carbocycles. The summed E-state index contributed by atoms with van der Waals surface area (Å²) >= 11 is 5.90. The number of ether oxygens (including phenoxy) is 1. The lowest BCUT2D eigenvalue weighted by Gasteiger charge is -2.30. The van der Waals surface area contributed by atoms with Crippen molar-refractivity contribution in [3.63, 3.8) is 0 Å². The van der Waals surface area contributed by atoms with Gasteiger partial charge < -0.3 is 10.1 Å². The van der Waals surface area contributed by atoms with E-state index in [4.69, 9.17) is 16.3 Å². The van der Waals surface area contributed by atoms with Gasteiger partial charge >= 0.3 is 0 Å². The normalized spacial score (nSPS) is 23.0. The van der Waals surface area contributed by atoms with Crippen LogP contribution in [0.25, 0.3) is 0 Å². The molecule has 0 radical (unpaired) electrons. The minimum atomic E-state index is 0.373. The fraction of sp³-hybridized carbons (Fsp3) is 0.538. The van der Waals surface area contributed by atoms with E-state index in [1.807, 2.05) is 19.2 Å². The summed E-state index contributed by atoms with van der Waals surface area (Å²) in [6.07, 6.45) is 2.39. The maximum absolute atomic E-state index is 5.90. The van der Waals surface area contributed by atoms with E-state index >= 15 is 0 Å². The molecule has 1 fully saturated rings. The standard InChI is InChI=1S/C13H18ClNO/c1-15-13(11-3-2-8-16-9-11)10-4-6-12(14)7-5-10/h4-7,11,13,15H,2-3,8-9H2,1H3. The predicted molar refractivity (Wildman–Crippen MR) is 66.8 cm³/mol. The number of halogens is 1. The lowest BCUT2D eigenvalue weighted by Crippen LogP contribution is -2.31. The smallest absolute Gasteiger partial charge is 0.0512 e. The molecule has 2 nitrogen and oxygen atoms in total. The zero-order valence-electron chi connectivity index (χ0n) is 9.58. The maximum Gasteiger partial charge on any atom is 0.0512 e. The Morgan fingerprint density at radius 3 is 2.69 bits per heavy atom. The Labute approximate surface area is 102 Å². The van der Waals surface area contributed by atoms with Crippen molar-refractivity contribution in [1.29, 1.82) is 0 Å². The van der Waals surface area contributed by atoms with E-state index < -0.39 is 0 Å². The Morgan fingerprint density at radius 1 is 1.38 bits per heavy atom. The largest absolute Gasteiger partial charge is 0.381 e. The molecule has 1 N–H and O–H groups in total. The van der Waals surface area contributed by atoms with Crippen LogP contribution in [-0.2, 0) is 4.74 Å². The molecule has 0 aliphatic carbocycles. The zero-order valence-corrected chi connectivity index (χ0v) is 10.3. The van der Waals surface area contributed by atoms with Gasteiger partial charge in [0.2, 0.25) is 0 Å². The van der Waals surface area contributed by atoms with Crippen LogP contribution in [0.2, 0.25) is 5.02 Å². The van der Waals surface area contributed by atoms with Gasteiger partial charge in [0.25, 0.3) is 0 Å². The van der Waals surface area contributed by atoms with Crippen LogP contribution in [-0.4, -0.2) is 20.3 Å². The molecule has 88 valence electrons. The molecule has 2 unspecified atom stereocenters. The van der Waals surface area contributed by atoms with Crippen molar-refractivity contribution in [3.8, 4) is 0 Å². The summed E-state index contributed by atoms with van der Waals surface area (Å²) in [4.78, 5) is 0. The van der Waals surface area contributed by atoms with E-state index in [-0.39, 0.29) is 0 Å². The predicted octanol–water partition coefficient (Wildman–Crippen LogP) is 3.03. The highest BCUT2D eigenvalue weighted by atomic mass is 35.5. The minimum absolute atomic E-state index is 0.373. The van der Waals surface area contributed by atoms with Gasteiger partial charge in [-0.15, -0.1) is 0 Å². The highest BCUT2D eigenvalue weighted by Crippen LogP contribution is 2.29. The number of hydrogen-bond acceptors (Lipinski definition) is 2. The van der Waals surface area contributed by atoms with Crippen molar-refractivity contribution in [2.45, 2.75) is 18.9 Å². The average molecular weight is 240 g/mol. The fourth-order valence-corrected chi connectivity index (χ4v) is 2.50. The molecule has 0 spiro atoms. The van der Waals surface area contributed by atoms with Crippen LogP contribution in [0.1, 0.15) is 24.4 Å². The number of nitrogens with one attached hydrogen (secondary N) is 1. The second-order valence-corrected chi connectivity index (χ2v) is 4.73. The molecule has 1 saturated heterocycles. The van der Waals surface area contributed by atoms with Gasteiger partial charge in [0.15, 0.2) is 0 Å². The maximum atomic E-state index is 5.90. The lowest BCUT2D eigenvalue weighted by molar-refractivity contribution is 0.0402. The van der Waals surface area contributed by atoms with E-state index in [0.717, 1.165) is 24.7 Å². The Balaban J connectivity index is 2.11. The first-order valence-electron chi connectivity index (χ1n) is 5.81. The van der Waals surface area contributed by atoms with Crippen LogP contribution in [0.4, 0.5) is 0 Å². The third-order valence-electron chi connectivity index (χ3n) is 3.21. The highest BCUT2D eigenvalue weighted by Gasteiger charge is 2.24. The van der Waals surface area contributed by atoms with Crippen molar-refractivity contribution >= 4 is 11.6 Å². The Hall–Kier alpha value is -0.570. The third-order valence-corrected chi connectivity index (χ3v) is 3.46. The molecule has 16 heavy (non-hydrogen) atoms.